The summed E-state index contributed by atoms with van der Waals surface area (Å²) < 4.78 is 5.86. The van der Waals surface area contributed by atoms with E-state index in [0.29, 0.717) is 19.3 Å². The molecule has 0 radical (unpaired) electrons. The Bertz CT molecular complexity index is 869. The Morgan fingerprint density at radius 2 is 1.04 bits per heavy atom. The molecule has 0 aromatic heterocycles. The van der Waals surface area contributed by atoms with E-state index >= 15 is 0 Å². The number of allylic oxidation sites excluding steroid dienone is 6. The lowest BCUT2D eigenvalue weighted by Gasteiger charge is -2.24. The van der Waals surface area contributed by atoms with Gasteiger partial charge in [-0.1, -0.05) is 186 Å². The van der Waals surface area contributed by atoms with Gasteiger partial charge in [-0.2, -0.15) is 0 Å². The highest BCUT2D eigenvalue weighted by atomic mass is 16.5. The van der Waals surface area contributed by atoms with Gasteiger partial charge < -0.3 is 20.3 Å². The van der Waals surface area contributed by atoms with Gasteiger partial charge in [0.25, 0.3) is 0 Å². The van der Waals surface area contributed by atoms with Gasteiger partial charge in [0.05, 0.1) is 25.2 Å². The molecule has 0 aliphatic carbocycles. The van der Waals surface area contributed by atoms with Crippen molar-refractivity contribution in [3.05, 3.63) is 36.5 Å². The Morgan fingerprint density at radius 3 is 1.58 bits per heavy atom. The molecule has 0 fully saturated rings. The molecule has 0 spiro atoms. The number of aliphatic hydroxyl groups excluding tert-OH is 2. The van der Waals surface area contributed by atoms with Crippen molar-refractivity contribution in [3.63, 3.8) is 0 Å². The van der Waals surface area contributed by atoms with Crippen molar-refractivity contribution >= 4 is 11.9 Å². The summed E-state index contributed by atoms with van der Waals surface area (Å²) in [5.41, 5.74) is 0. The third-order valence-corrected chi connectivity index (χ3v) is 9.98. The van der Waals surface area contributed by atoms with Crippen LogP contribution >= 0.6 is 0 Å². The molecule has 6 heteroatoms. The minimum atomic E-state index is -0.786. The summed E-state index contributed by atoms with van der Waals surface area (Å²) in [7, 11) is 0. The van der Waals surface area contributed by atoms with Crippen LogP contribution in [0, 0.1) is 0 Å². The summed E-state index contributed by atoms with van der Waals surface area (Å²) in [4.78, 5) is 25.8. The van der Waals surface area contributed by atoms with E-state index in [0.717, 1.165) is 89.9 Å². The van der Waals surface area contributed by atoms with Crippen LogP contribution in [0.2, 0.25) is 0 Å². The number of hydrogen-bond donors (Lipinski definition) is 3. The lowest BCUT2D eigenvalue weighted by molar-refractivity contribution is -0.151. The summed E-state index contributed by atoms with van der Waals surface area (Å²) in [6.45, 7) is 6.32. The Morgan fingerprint density at radius 1 is 0.577 bits per heavy atom. The summed E-state index contributed by atoms with van der Waals surface area (Å²) >= 11 is 0. The first kappa shape index (κ1) is 50.1. The number of rotatable bonds is 39. The summed E-state index contributed by atoms with van der Waals surface area (Å²) in [6.07, 6.45) is 45.0. The van der Waals surface area contributed by atoms with Gasteiger partial charge in [0.1, 0.15) is 6.10 Å². The molecule has 304 valence electrons. The van der Waals surface area contributed by atoms with Crippen LogP contribution < -0.4 is 5.32 Å². The smallest absolute Gasteiger partial charge is 0.306 e. The zero-order chi connectivity index (χ0) is 38.2. The molecule has 0 aromatic carbocycles. The van der Waals surface area contributed by atoms with Crippen LogP contribution in [0.4, 0.5) is 0 Å². The molecule has 0 aliphatic heterocycles. The van der Waals surface area contributed by atoms with Crippen LogP contribution in [0.15, 0.2) is 36.5 Å². The van der Waals surface area contributed by atoms with E-state index in [1.807, 2.05) is 0 Å². The van der Waals surface area contributed by atoms with Gasteiger partial charge in [0.15, 0.2) is 0 Å². The van der Waals surface area contributed by atoms with Crippen LogP contribution in [0.1, 0.15) is 220 Å². The quantitative estimate of drug-likeness (QED) is 0.0332. The normalized spacial score (nSPS) is 13.7. The van der Waals surface area contributed by atoms with Gasteiger partial charge in [-0.05, 0) is 57.8 Å². The third kappa shape index (κ3) is 35.1. The predicted octanol–water partition coefficient (Wildman–Crippen LogP) is 12.6. The molecule has 1 amide bonds. The van der Waals surface area contributed by atoms with E-state index in [4.69, 9.17) is 4.74 Å². The average Bonchev–Trinajstić information content (AvgIpc) is 3.13. The lowest BCUT2D eigenvalue weighted by atomic mass is 10.0. The largest absolute Gasteiger partial charge is 0.462 e. The van der Waals surface area contributed by atoms with Crippen molar-refractivity contribution in [2.24, 2.45) is 0 Å². The molecule has 6 nitrogen and oxygen atoms in total. The Kier molecular flexibility index (Phi) is 38.8. The molecule has 0 rings (SSSR count). The first-order chi connectivity index (χ1) is 25.5. The van der Waals surface area contributed by atoms with E-state index < -0.39 is 18.2 Å². The number of aliphatic hydroxyl groups is 2. The average molecular weight is 732 g/mol. The van der Waals surface area contributed by atoms with Crippen molar-refractivity contribution < 1.29 is 24.5 Å². The van der Waals surface area contributed by atoms with Gasteiger partial charge in [-0.25, -0.2) is 0 Å². The number of esters is 1. The highest BCUT2D eigenvalue weighted by Crippen LogP contribution is 2.17. The second kappa shape index (κ2) is 40.3. The predicted molar refractivity (Wildman–Crippen MR) is 222 cm³/mol. The van der Waals surface area contributed by atoms with Gasteiger partial charge in [-0.3, -0.25) is 9.59 Å². The SMILES string of the molecule is CC/C=C/C/C=C/C/C=C/CCCCCCC(=O)OC(CCCCCCCCC)CC(=O)NC(CO)C(O)CCCCCCCCCCCCCC. The molecule has 3 unspecified atom stereocenters. The Balaban J connectivity index is 4.48. The second-order valence-electron chi connectivity index (χ2n) is 15.1. The number of carbonyl (C=O) groups excluding carboxylic acids is 2. The molecular weight excluding hydrogens is 647 g/mol. The van der Waals surface area contributed by atoms with Crippen LogP contribution in [0.25, 0.3) is 0 Å². The third-order valence-electron chi connectivity index (χ3n) is 9.98. The maximum Gasteiger partial charge on any atom is 0.306 e. The van der Waals surface area contributed by atoms with Gasteiger partial charge in [0, 0.05) is 6.42 Å². The molecule has 3 atom stereocenters. The number of hydrogen-bond acceptors (Lipinski definition) is 5. The van der Waals surface area contributed by atoms with E-state index in [1.165, 1.54) is 83.5 Å². The number of amides is 1. The molecule has 52 heavy (non-hydrogen) atoms. The van der Waals surface area contributed by atoms with Gasteiger partial charge in [0.2, 0.25) is 5.91 Å². The fourth-order valence-corrected chi connectivity index (χ4v) is 6.62. The minimum Gasteiger partial charge on any atom is -0.462 e. The summed E-state index contributed by atoms with van der Waals surface area (Å²) in [5.74, 6) is -0.502. The zero-order valence-corrected chi connectivity index (χ0v) is 34.4. The molecule has 0 saturated heterocycles. The number of ether oxygens (including phenoxy) is 1. The van der Waals surface area contributed by atoms with E-state index in [-0.39, 0.29) is 24.9 Å². The number of carbonyl (C=O) groups is 2. The molecule has 0 heterocycles. The molecular formula is C46H85NO5. The minimum absolute atomic E-state index is 0.0698. The van der Waals surface area contributed by atoms with E-state index in [9.17, 15) is 19.8 Å². The standard InChI is InChI=1S/C46H85NO5/c1-4-7-10-13-16-18-20-22-23-25-27-30-33-36-39-46(51)52-42(37-34-31-28-15-12-9-6-3)40-45(50)47-43(41-48)44(49)38-35-32-29-26-24-21-19-17-14-11-8-5-2/h7,10,16,18,22-23,42-44,48-49H,4-6,8-9,11-15,17,19-21,24-41H2,1-3H3,(H,47,50)/b10-7+,18-16+,23-22+. The molecule has 3 N–H and O–H groups in total. The Labute approximate surface area is 322 Å². The van der Waals surface area contributed by atoms with Crippen molar-refractivity contribution in [3.8, 4) is 0 Å². The van der Waals surface area contributed by atoms with Crippen molar-refractivity contribution in [1.29, 1.82) is 0 Å². The topological polar surface area (TPSA) is 95.9 Å². The highest BCUT2D eigenvalue weighted by Gasteiger charge is 2.24. The molecule has 0 bridgehead atoms. The monoisotopic (exact) mass is 732 g/mol. The lowest BCUT2D eigenvalue weighted by Crippen LogP contribution is -2.46. The number of nitrogens with one attached hydrogen (secondary N) is 1. The molecule has 0 aromatic rings. The number of unbranched alkanes of at least 4 members (excludes halogenated alkanes) is 21. The van der Waals surface area contributed by atoms with E-state index in [2.05, 4.69) is 62.5 Å². The summed E-state index contributed by atoms with van der Waals surface area (Å²) in [6, 6.07) is -0.700. The zero-order valence-electron chi connectivity index (χ0n) is 34.4. The Hall–Kier alpha value is -1.92. The fraction of sp³-hybridized carbons (Fsp3) is 0.826. The highest BCUT2D eigenvalue weighted by molar-refractivity contribution is 5.77. The van der Waals surface area contributed by atoms with Gasteiger partial charge in [-0.15, -0.1) is 0 Å². The maximum absolute atomic E-state index is 13.1. The molecule has 0 aliphatic rings. The fourth-order valence-electron chi connectivity index (χ4n) is 6.62. The van der Waals surface area contributed by atoms with Crippen molar-refractivity contribution in [2.45, 2.75) is 238 Å². The van der Waals surface area contributed by atoms with Gasteiger partial charge >= 0.3 is 5.97 Å². The maximum atomic E-state index is 13.1. The second-order valence-corrected chi connectivity index (χ2v) is 15.1. The first-order valence-corrected chi connectivity index (χ1v) is 22.2. The first-order valence-electron chi connectivity index (χ1n) is 22.2. The van der Waals surface area contributed by atoms with Crippen LogP contribution in [0.3, 0.4) is 0 Å². The molecule has 0 saturated carbocycles. The van der Waals surface area contributed by atoms with Crippen molar-refractivity contribution in [2.75, 3.05) is 6.61 Å². The van der Waals surface area contributed by atoms with Crippen LogP contribution in [-0.4, -0.2) is 46.9 Å². The van der Waals surface area contributed by atoms with Crippen LogP contribution in [0.5, 0.6) is 0 Å². The summed E-state index contributed by atoms with van der Waals surface area (Å²) in [5, 5.41) is 23.6. The van der Waals surface area contributed by atoms with E-state index in [1.54, 1.807) is 0 Å². The van der Waals surface area contributed by atoms with Crippen LogP contribution in [-0.2, 0) is 14.3 Å². The van der Waals surface area contributed by atoms with Crippen molar-refractivity contribution in [1.82, 2.24) is 5.32 Å².